The first kappa shape index (κ1) is 20.7. The van der Waals surface area contributed by atoms with Crippen molar-refractivity contribution in [2.75, 3.05) is 6.61 Å². The molecule has 0 heterocycles. The molecule has 0 N–H and O–H groups in total. The van der Waals surface area contributed by atoms with Crippen LogP contribution in [0.2, 0.25) is 0 Å². The fraction of sp³-hybridized carbons (Fsp3) is 0.565. The molecule has 0 aliphatic heterocycles. The molecule has 0 fully saturated rings. The average Bonchev–Trinajstić information content (AvgIpc) is 2.66. The highest BCUT2D eigenvalue weighted by Crippen LogP contribution is 2.35. The Morgan fingerprint density at radius 3 is 2.69 bits per heavy atom. The van der Waals surface area contributed by atoms with E-state index in [-0.39, 0.29) is 5.75 Å². The van der Waals surface area contributed by atoms with Gasteiger partial charge in [0.15, 0.2) is 11.6 Å². The number of rotatable bonds is 10. The van der Waals surface area contributed by atoms with E-state index in [4.69, 9.17) is 4.74 Å². The highest BCUT2D eigenvalue weighted by molar-refractivity contribution is 5.67. The summed E-state index contributed by atoms with van der Waals surface area (Å²) in [6.45, 7) is 4.61. The van der Waals surface area contributed by atoms with E-state index in [0.29, 0.717) is 18.1 Å². The normalized spacial score (nSPS) is 17.5. The van der Waals surface area contributed by atoms with Gasteiger partial charge in [-0.25, -0.2) is 4.39 Å². The SMILES string of the molecule is CC=CCCC1CC=C(c2ccc(OCCCCCC)c(F)c2F)CC1. The van der Waals surface area contributed by atoms with Gasteiger partial charge in [0, 0.05) is 5.56 Å². The molecule has 1 atom stereocenters. The number of halogens is 2. The first-order chi connectivity index (χ1) is 12.7. The molecule has 26 heavy (non-hydrogen) atoms. The van der Waals surface area contributed by atoms with Gasteiger partial charge >= 0.3 is 0 Å². The Bertz CT molecular complexity index is 619. The largest absolute Gasteiger partial charge is 0.490 e. The molecule has 1 aromatic rings. The Morgan fingerprint density at radius 2 is 2.00 bits per heavy atom. The second-order valence-electron chi connectivity index (χ2n) is 7.16. The maximum Gasteiger partial charge on any atom is 0.201 e. The van der Waals surface area contributed by atoms with Crippen molar-refractivity contribution in [3.63, 3.8) is 0 Å². The molecule has 0 spiro atoms. The van der Waals surface area contributed by atoms with Crippen LogP contribution in [0.15, 0.2) is 30.4 Å². The summed E-state index contributed by atoms with van der Waals surface area (Å²) in [7, 11) is 0. The van der Waals surface area contributed by atoms with Crippen molar-refractivity contribution in [1.82, 2.24) is 0 Å². The summed E-state index contributed by atoms with van der Waals surface area (Å²) < 4.78 is 34.3. The van der Waals surface area contributed by atoms with Crippen LogP contribution >= 0.6 is 0 Å². The molecule has 0 bridgehead atoms. The number of hydrogen-bond acceptors (Lipinski definition) is 1. The van der Waals surface area contributed by atoms with Crippen molar-refractivity contribution in [3.8, 4) is 5.75 Å². The van der Waals surface area contributed by atoms with Gasteiger partial charge in [0.1, 0.15) is 0 Å². The number of ether oxygens (including phenoxy) is 1. The zero-order chi connectivity index (χ0) is 18.8. The third-order valence-corrected chi connectivity index (χ3v) is 5.15. The standard InChI is InChI=1S/C23H32F2O/c1-3-5-7-9-17-26-21-16-15-20(22(24)23(21)25)19-13-11-18(12-14-19)10-8-6-4-2/h4,6,13,15-16,18H,3,5,7-12,14,17H2,1-2H3. The second kappa shape index (κ2) is 11.2. The predicted molar refractivity (Wildman–Crippen MR) is 105 cm³/mol. The highest BCUT2D eigenvalue weighted by Gasteiger charge is 2.20. The maximum absolute atomic E-state index is 14.5. The van der Waals surface area contributed by atoms with Crippen LogP contribution in [0, 0.1) is 17.6 Å². The topological polar surface area (TPSA) is 9.23 Å². The summed E-state index contributed by atoms with van der Waals surface area (Å²) in [5.74, 6) is -0.944. The lowest BCUT2D eigenvalue weighted by Gasteiger charge is -2.22. The monoisotopic (exact) mass is 362 g/mol. The molecule has 1 aliphatic rings. The van der Waals surface area contributed by atoms with E-state index < -0.39 is 11.6 Å². The Hall–Kier alpha value is -1.64. The van der Waals surface area contributed by atoms with Crippen molar-refractivity contribution in [1.29, 1.82) is 0 Å². The predicted octanol–water partition coefficient (Wildman–Crippen LogP) is 7.46. The van der Waals surface area contributed by atoms with Gasteiger partial charge in [0.25, 0.3) is 0 Å². The lowest BCUT2D eigenvalue weighted by molar-refractivity contribution is 0.285. The van der Waals surface area contributed by atoms with Crippen LogP contribution in [-0.4, -0.2) is 6.61 Å². The van der Waals surface area contributed by atoms with Gasteiger partial charge in [-0.2, -0.15) is 4.39 Å². The van der Waals surface area contributed by atoms with E-state index >= 15 is 0 Å². The van der Waals surface area contributed by atoms with Crippen LogP contribution in [0.4, 0.5) is 8.78 Å². The van der Waals surface area contributed by atoms with Crippen LogP contribution in [0.5, 0.6) is 5.75 Å². The van der Waals surface area contributed by atoms with E-state index in [2.05, 4.69) is 25.2 Å². The molecule has 0 radical (unpaired) electrons. The molecule has 0 aromatic heterocycles. The lowest BCUT2D eigenvalue weighted by atomic mass is 9.84. The van der Waals surface area contributed by atoms with Gasteiger partial charge in [-0.05, 0) is 69.1 Å². The van der Waals surface area contributed by atoms with Gasteiger partial charge < -0.3 is 4.74 Å². The van der Waals surface area contributed by atoms with Gasteiger partial charge in [-0.15, -0.1) is 0 Å². The first-order valence-electron chi connectivity index (χ1n) is 10.1. The third-order valence-electron chi connectivity index (χ3n) is 5.15. The molecule has 144 valence electrons. The van der Waals surface area contributed by atoms with Crippen molar-refractivity contribution in [2.45, 2.75) is 71.6 Å². The minimum atomic E-state index is -0.853. The summed E-state index contributed by atoms with van der Waals surface area (Å²) in [6, 6.07) is 3.25. The van der Waals surface area contributed by atoms with Crippen LogP contribution in [0.1, 0.15) is 77.2 Å². The molecule has 0 saturated carbocycles. The van der Waals surface area contributed by atoms with Crippen molar-refractivity contribution < 1.29 is 13.5 Å². The van der Waals surface area contributed by atoms with Crippen LogP contribution < -0.4 is 4.74 Å². The smallest absolute Gasteiger partial charge is 0.201 e. The molecular weight excluding hydrogens is 330 g/mol. The summed E-state index contributed by atoms with van der Waals surface area (Å²) >= 11 is 0. The van der Waals surface area contributed by atoms with Crippen LogP contribution in [0.25, 0.3) is 5.57 Å². The van der Waals surface area contributed by atoms with Gasteiger partial charge in [0.2, 0.25) is 5.82 Å². The minimum absolute atomic E-state index is 0.0309. The summed E-state index contributed by atoms with van der Waals surface area (Å²) in [5, 5.41) is 0. The Labute approximate surface area is 157 Å². The van der Waals surface area contributed by atoms with E-state index in [1.165, 1.54) is 0 Å². The number of allylic oxidation sites excluding steroid dienone is 4. The van der Waals surface area contributed by atoms with Gasteiger partial charge in [-0.3, -0.25) is 0 Å². The third kappa shape index (κ3) is 5.96. The van der Waals surface area contributed by atoms with Crippen molar-refractivity contribution in [3.05, 3.63) is 47.6 Å². The van der Waals surface area contributed by atoms with E-state index in [1.807, 2.05) is 6.92 Å². The molecule has 1 aliphatic carbocycles. The lowest BCUT2D eigenvalue weighted by Crippen LogP contribution is -2.07. The van der Waals surface area contributed by atoms with E-state index in [1.54, 1.807) is 12.1 Å². The van der Waals surface area contributed by atoms with Crippen LogP contribution in [0.3, 0.4) is 0 Å². The zero-order valence-corrected chi connectivity index (χ0v) is 16.2. The average molecular weight is 363 g/mol. The molecule has 3 heteroatoms. The van der Waals surface area contributed by atoms with Gasteiger partial charge in [-0.1, -0.05) is 44.4 Å². The molecule has 2 rings (SSSR count). The quantitative estimate of drug-likeness (QED) is 0.310. The van der Waals surface area contributed by atoms with Crippen molar-refractivity contribution >= 4 is 5.57 Å². The highest BCUT2D eigenvalue weighted by atomic mass is 19.2. The van der Waals surface area contributed by atoms with E-state index in [9.17, 15) is 8.78 Å². The fourth-order valence-corrected chi connectivity index (χ4v) is 3.50. The van der Waals surface area contributed by atoms with Crippen LogP contribution in [-0.2, 0) is 0 Å². The molecule has 1 nitrogen and oxygen atoms in total. The molecular formula is C23H32F2O. The second-order valence-corrected chi connectivity index (χ2v) is 7.16. The maximum atomic E-state index is 14.5. The summed E-state index contributed by atoms with van der Waals surface area (Å²) in [4.78, 5) is 0. The number of benzene rings is 1. The van der Waals surface area contributed by atoms with Crippen molar-refractivity contribution in [2.24, 2.45) is 5.92 Å². The minimum Gasteiger partial charge on any atom is -0.490 e. The Kier molecular flexibility index (Phi) is 8.87. The molecule has 0 saturated heterocycles. The summed E-state index contributed by atoms with van der Waals surface area (Å²) in [6.07, 6.45) is 15.6. The molecule has 1 aromatic carbocycles. The number of unbranched alkanes of at least 4 members (excludes halogenated alkanes) is 3. The molecule has 0 amide bonds. The van der Waals surface area contributed by atoms with E-state index in [0.717, 1.165) is 63.4 Å². The Morgan fingerprint density at radius 1 is 1.15 bits per heavy atom. The zero-order valence-electron chi connectivity index (χ0n) is 16.2. The number of hydrogen-bond donors (Lipinski definition) is 0. The fourth-order valence-electron chi connectivity index (χ4n) is 3.50. The molecule has 1 unspecified atom stereocenters. The first-order valence-corrected chi connectivity index (χ1v) is 10.1. The Balaban J connectivity index is 1.95. The van der Waals surface area contributed by atoms with Gasteiger partial charge in [0.05, 0.1) is 6.61 Å². The summed E-state index contributed by atoms with van der Waals surface area (Å²) in [5.41, 5.74) is 1.32.